The van der Waals surface area contributed by atoms with Crippen molar-refractivity contribution in [2.45, 2.75) is 52.7 Å². The standard InChI is InChI=1S/C19H26IN3O2/c1-6-11-23(18(24)25-19(3,4)5)13(2)17-21-12-16(22-17)14-7-9-15(20)10-8-14/h7-10,12-13H,6,11H2,1-5H3,(H,21,22)/t13-/m0/s1. The van der Waals surface area contributed by atoms with Crippen molar-refractivity contribution in [1.29, 1.82) is 0 Å². The van der Waals surface area contributed by atoms with Gasteiger partial charge in [0.2, 0.25) is 0 Å². The lowest BCUT2D eigenvalue weighted by Crippen LogP contribution is -2.39. The van der Waals surface area contributed by atoms with Gasteiger partial charge in [-0.05, 0) is 74.4 Å². The summed E-state index contributed by atoms with van der Waals surface area (Å²) in [6.45, 7) is 10.3. The van der Waals surface area contributed by atoms with Crippen molar-refractivity contribution in [3.8, 4) is 11.3 Å². The van der Waals surface area contributed by atoms with Crippen LogP contribution in [0.25, 0.3) is 11.3 Å². The minimum Gasteiger partial charge on any atom is -0.444 e. The van der Waals surface area contributed by atoms with E-state index in [2.05, 4.69) is 56.8 Å². The quantitative estimate of drug-likeness (QED) is 0.616. The Morgan fingerprint density at radius 1 is 1.32 bits per heavy atom. The number of aromatic nitrogens is 2. The Morgan fingerprint density at radius 3 is 2.52 bits per heavy atom. The lowest BCUT2D eigenvalue weighted by molar-refractivity contribution is 0.0166. The molecule has 0 unspecified atom stereocenters. The number of hydrogen-bond acceptors (Lipinski definition) is 3. The topological polar surface area (TPSA) is 58.2 Å². The lowest BCUT2D eigenvalue weighted by Gasteiger charge is -2.30. The third-order valence-electron chi connectivity index (χ3n) is 3.71. The summed E-state index contributed by atoms with van der Waals surface area (Å²) in [6.07, 6.45) is 2.36. The fraction of sp³-hybridized carbons (Fsp3) is 0.474. The highest BCUT2D eigenvalue weighted by Gasteiger charge is 2.27. The molecular formula is C19H26IN3O2. The SMILES string of the molecule is CCCN(C(=O)OC(C)(C)C)[C@@H](C)c1ncc(-c2ccc(I)cc2)[nH]1. The maximum Gasteiger partial charge on any atom is 0.410 e. The zero-order valence-electron chi connectivity index (χ0n) is 15.5. The molecule has 0 bridgehead atoms. The molecule has 1 amide bonds. The molecule has 0 saturated carbocycles. The second kappa shape index (κ2) is 8.21. The Bertz CT molecular complexity index is 704. The van der Waals surface area contributed by atoms with E-state index in [1.165, 1.54) is 3.57 Å². The van der Waals surface area contributed by atoms with Crippen LogP contribution in [0.5, 0.6) is 0 Å². The zero-order valence-corrected chi connectivity index (χ0v) is 17.6. The third-order valence-corrected chi connectivity index (χ3v) is 4.43. The normalized spacial score (nSPS) is 12.7. The summed E-state index contributed by atoms with van der Waals surface area (Å²) in [6, 6.07) is 8.05. The van der Waals surface area contributed by atoms with E-state index in [4.69, 9.17) is 4.74 Å². The van der Waals surface area contributed by atoms with Gasteiger partial charge in [-0.2, -0.15) is 0 Å². The number of nitrogens with one attached hydrogen (secondary N) is 1. The smallest absolute Gasteiger partial charge is 0.410 e. The van der Waals surface area contributed by atoms with Crippen LogP contribution >= 0.6 is 22.6 Å². The molecule has 1 aromatic heterocycles. The van der Waals surface area contributed by atoms with Crippen molar-refractivity contribution < 1.29 is 9.53 Å². The van der Waals surface area contributed by atoms with E-state index < -0.39 is 5.60 Å². The summed E-state index contributed by atoms with van der Waals surface area (Å²) >= 11 is 2.28. The second-order valence-corrected chi connectivity index (χ2v) is 8.28. The summed E-state index contributed by atoms with van der Waals surface area (Å²) in [4.78, 5) is 22.1. The van der Waals surface area contributed by atoms with E-state index in [1.807, 2.05) is 40.8 Å². The molecule has 0 radical (unpaired) electrons. The van der Waals surface area contributed by atoms with Crippen LogP contribution in [0, 0.1) is 3.57 Å². The molecule has 1 N–H and O–H groups in total. The number of aromatic amines is 1. The first kappa shape index (κ1) is 19.8. The minimum atomic E-state index is -0.516. The monoisotopic (exact) mass is 455 g/mol. The molecule has 0 aliphatic carbocycles. The molecule has 1 atom stereocenters. The summed E-state index contributed by atoms with van der Waals surface area (Å²) < 4.78 is 6.73. The van der Waals surface area contributed by atoms with E-state index in [0.29, 0.717) is 6.54 Å². The van der Waals surface area contributed by atoms with E-state index in [0.717, 1.165) is 23.5 Å². The Labute approximate surface area is 163 Å². The van der Waals surface area contributed by atoms with Gasteiger partial charge in [-0.25, -0.2) is 9.78 Å². The Hall–Kier alpha value is -1.57. The maximum absolute atomic E-state index is 12.5. The highest BCUT2D eigenvalue weighted by atomic mass is 127. The summed E-state index contributed by atoms with van der Waals surface area (Å²) in [5.41, 5.74) is 1.50. The first-order valence-electron chi connectivity index (χ1n) is 8.51. The van der Waals surface area contributed by atoms with Crippen LogP contribution < -0.4 is 0 Å². The molecule has 0 saturated heterocycles. The highest BCUT2D eigenvalue weighted by Crippen LogP contribution is 2.24. The van der Waals surface area contributed by atoms with Crippen molar-refractivity contribution in [1.82, 2.24) is 14.9 Å². The van der Waals surface area contributed by atoms with E-state index in [9.17, 15) is 4.79 Å². The summed E-state index contributed by atoms with van der Waals surface area (Å²) in [5.74, 6) is 0.757. The van der Waals surface area contributed by atoms with Crippen molar-refractivity contribution in [3.05, 3.63) is 39.9 Å². The van der Waals surface area contributed by atoms with Gasteiger partial charge in [0, 0.05) is 10.1 Å². The molecule has 0 aliphatic heterocycles. The number of nitrogens with zero attached hydrogens (tertiary/aromatic N) is 2. The number of hydrogen-bond donors (Lipinski definition) is 1. The summed E-state index contributed by atoms with van der Waals surface area (Å²) in [5, 5.41) is 0. The third kappa shape index (κ3) is 5.45. The molecule has 2 rings (SSSR count). The molecule has 1 heterocycles. The minimum absolute atomic E-state index is 0.188. The van der Waals surface area contributed by atoms with E-state index in [1.54, 1.807) is 4.90 Å². The van der Waals surface area contributed by atoms with Crippen LogP contribution in [-0.2, 0) is 4.74 Å². The molecule has 25 heavy (non-hydrogen) atoms. The Balaban J connectivity index is 2.20. The first-order valence-corrected chi connectivity index (χ1v) is 9.59. The van der Waals surface area contributed by atoms with Gasteiger partial charge in [0.25, 0.3) is 0 Å². The van der Waals surface area contributed by atoms with Crippen molar-refractivity contribution >= 4 is 28.7 Å². The highest BCUT2D eigenvalue weighted by molar-refractivity contribution is 14.1. The fourth-order valence-electron chi connectivity index (χ4n) is 2.48. The summed E-state index contributed by atoms with van der Waals surface area (Å²) in [7, 11) is 0. The van der Waals surface area contributed by atoms with Gasteiger partial charge < -0.3 is 9.72 Å². The number of carbonyl (C=O) groups is 1. The number of halogens is 1. The van der Waals surface area contributed by atoms with Gasteiger partial charge in [0.15, 0.2) is 0 Å². The molecule has 136 valence electrons. The molecule has 5 nitrogen and oxygen atoms in total. The Morgan fingerprint density at radius 2 is 1.96 bits per heavy atom. The molecule has 0 spiro atoms. The Kier molecular flexibility index (Phi) is 6.48. The van der Waals surface area contributed by atoms with E-state index >= 15 is 0 Å². The maximum atomic E-state index is 12.5. The first-order chi connectivity index (χ1) is 11.7. The van der Waals surface area contributed by atoms with Crippen molar-refractivity contribution in [2.24, 2.45) is 0 Å². The van der Waals surface area contributed by atoms with Gasteiger partial charge >= 0.3 is 6.09 Å². The van der Waals surface area contributed by atoms with Gasteiger partial charge in [0.1, 0.15) is 11.4 Å². The predicted molar refractivity (Wildman–Crippen MR) is 108 cm³/mol. The van der Waals surface area contributed by atoms with Crippen LogP contribution in [0.1, 0.15) is 52.9 Å². The number of imidazole rings is 1. The second-order valence-electron chi connectivity index (χ2n) is 7.04. The van der Waals surface area contributed by atoms with Crippen LogP contribution in [0.4, 0.5) is 4.79 Å². The van der Waals surface area contributed by atoms with Crippen LogP contribution in [0.2, 0.25) is 0 Å². The fourth-order valence-corrected chi connectivity index (χ4v) is 2.84. The van der Waals surface area contributed by atoms with Crippen LogP contribution in [0.15, 0.2) is 30.5 Å². The van der Waals surface area contributed by atoms with Crippen LogP contribution in [-0.4, -0.2) is 33.1 Å². The van der Waals surface area contributed by atoms with Gasteiger partial charge in [-0.15, -0.1) is 0 Å². The van der Waals surface area contributed by atoms with Crippen LogP contribution in [0.3, 0.4) is 0 Å². The number of benzene rings is 1. The largest absolute Gasteiger partial charge is 0.444 e. The molecular weight excluding hydrogens is 429 g/mol. The number of rotatable bonds is 5. The molecule has 0 fully saturated rings. The number of ether oxygens (including phenoxy) is 1. The molecule has 6 heteroatoms. The number of carbonyl (C=O) groups excluding carboxylic acids is 1. The number of amides is 1. The van der Waals surface area contributed by atoms with Gasteiger partial charge in [-0.1, -0.05) is 19.1 Å². The molecule has 2 aromatic rings. The predicted octanol–water partition coefficient (Wildman–Crippen LogP) is 5.39. The molecule has 1 aromatic carbocycles. The number of H-pyrrole nitrogens is 1. The average molecular weight is 455 g/mol. The van der Waals surface area contributed by atoms with E-state index in [-0.39, 0.29) is 12.1 Å². The lowest BCUT2D eigenvalue weighted by atomic mass is 10.2. The van der Waals surface area contributed by atoms with Gasteiger partial charge in [-0.3, -0.25) is 4.90 Å². The van der Waals surface area contributed by atoms with Crippen molar-refractivity contribution in [2.75, 3.05) is 6.54 Å². The molecule has 0 aliphatic rings. The van der Waals surface area contributed by atoms with Crippen molar-refractivity contribution in [3.63, 3.8) is 0 Å². The average Bonchev–Trinajstić information content (AvgIpc) is 3.01. The van der Waals surface area contributed by atoms with Gasteiger partial charge in [0.05, 0.1) is 17.9 Å². The zero-order chi connectivity index (χ0) is 18.6.